The third-order valence-corrected chi connectivity index (χ3v) is 3.11. The van der Waals surface area contributed by atoms with Crippen LogP contribution in [0, 0.1) is 0 Å². The summed E-state index contributed by atoms with van der Waals surface area (Å²) in [4.78, 5) is 13.8. The summed E-state index contributed by atoms with van der Waals surface area (Å²) in [7, 11) is 0. The second-order valence-corrected chi connectivity index (χ2v) is 4.14. The van der Waals surface area contributed by atoms with Crippen molar-refractivity contribution in [1.29, 1.82) is 0 Å². The van der Waals surface area contributed by atoms with E-state index in [1.165, 1.54) is 0 Å². The Balaban J connectivity index is 2.54. The summed E-state index contributed by atoms with van der Waals surface area (Å²) < 4.78 is 0. The van der Waals surface area contributed by atoms with Gasteiger partial charge in [0.1, 0.15) is 0 Å². The molecular weight excluding hydrogens is 192 g/mol. The number of piperidine rings is 1. The summed E-state index contributed by atoms with van der Waals surface area (Å²) in [6.07, 6.45) is 3.28. The second kappa shape index (κ2) is 6.08. The van der Waals surface area contributed by atoms with E-state index in [1.54, 1.807) is 0 Å². The molecule has 2 N–H and O–H groups in total. The van der Waals surface area contributed by atoms with Gasteiger partial charge in [-0.05, 0) is 33.2 Å². The van der Waals surface area contributed by atoms with Gasteiger partial charge in [0.25, 0.3) is 0 Å². The zero-order valence-electron chi connectivity index (χ0n) is 9.70. The van der Waals surface area contributed by atoms with Crippen LogP contribution in [0.3, 0.4) is 0 Å². The van der Waals surface area contributed by atoms with Crippen LogP contribution in [0.15, 0.2) is 0 Å². The minimum absolute atomic E-state index is 0.0675. The zero-order chi connectivity index (χ0) is 11.3. The Morgan fingerprint density at radius 3 is 2.93 bits per heavy atom. The fourth-order valence-corrected chi connectivity index (χ4v) is 2.20. The Kier molecular flexibility index (Phi) is 5.05. The molecule has 15 heavy (non-hydrogen) atoms. The van der Waals surface area contributed by atoms with E-state index in [1.807, 2.05) is 13.8 Å². The molecule has 1 aliphatic rings. The van der Waals surface area contributed by atoms with Crippen LogP contribution in [0.2, 0.25) is 0 Å². The topological polar surface area (TPSA) is 52.6 Å². The van der Waals surface area contributed by atoms with Gasteiger partial charge in [-0.3, -0.25) is 9.69 Å². The minimum Gasteiger partial charge on any atom is -0.395 e. The van der Waals surface area contributed by atoms with Crippen molar-refractivity contribution in [3.63, 3.8) is 0 Å². The predicted octanol–water partition coefficient (Wildman–Crippen LogP) is 0.358. The summed E-state index contributed by atoms with van der Waals surface area (Å²) in [5.74, 6) is 0.0675. The average Bonchev–Trinajstić information content (AvgIpc) is 2.28. The number of nitrogens with zero attached hydrogens (tertiary/aromatic N) is 1. The summed E-state index contributed by atoms with van der Waals surface area (Å²) in [5, 5.41) is 12.1. The van der Waals surface area contributed by atoms with E-state index in [-0.39, 0.29) is 24.6 Å². The van der Waals surface area contributed by atoms with Crippen LogP contribution in [0.1, 0.15) is 33.1 Å². The Morgan fingerprint density at radius 1 is 1.60 bits per heavy atom. The fourth-order valence-electron chi connectivity index (χ4n) is 2.20. The quantitative estimate of drug-likeness (QED) is 0.710. The highest BCUT2D eigenvalue weighted by Crippen LogP contribution is 2.19. The molecule has 0 aromatic rings. The van der Waals surface area contributed by atoms with Gasteiger partial charge in [0.2, 0.25) is 5.91 Å². The van der Waals surface area contributed by atoms with Crippen LogP contribution >= 0.6 is 0 Å². The molecule has 0 radical (unpaired) electrons. The van der Waals surface area contributed by atoms with E-state index in [9.17, 15) is 9.90 Å². The molecular formula is C11H22N2O2. The number of likely N-dealkylation sites (N-methyl/N-ethyl adjacent to an activating group) is 1. The highest BCUT2D eigenvalue weighted by atomic mass is 16.3. The Hall–Kier alpha value is -0.610. The van der Waals surface area contributed by atoms with E-state index in [4.69, 9.17) is 0 Å². The standard InChI is InChI=1S/C11H22N2O2/c1-3-12-11(15)9(2)13-7-5-4-6-10(13)8-14/h9-10,14H,3-8H2,1-2H3,(H,12,15). The first-order valence-electron chi connectivity index (χ1n) is 5.85. The van der Waals surface area contributed by atoms with Gasteiger partial charge in [0.15, 0.2) is 0 Å². The van der Waals surface area contributed by atoms with Crippen LogP contribution in [0.25, 0.3) is 0 Å². The van der Waals surface area contributed by atoms with Crippen LogP contribution in [-0.2, 0) is 4.79 Å². The molecule has 0 spiro atoms. The Bertz CT molecular complexity index is 209. The number of rotatable bonds is 4. The predicted molar refractivity (Wildman–Crippen MR) is 59.6 cm³/mol. The summed E-state index contributed by atoms with van der Waals surface area (Å²) in [6, 6.07) is 0.0405. The number of amides is 1. The maximum atomic E-state index is 11.7. The molecule has 0 aromatic heterocycles. The lowest BCUT2D eigenvalue weighted by Crippen LogP contribution is -2.52. The van der Waals surface area contributed by atoms with E-state index < -0.39 is 0 Å². The van der Waals surface area contributed by atoms with Gasteiger partial charge in [0.05, 0.1) is 12.6 Å². The molecule has 1 heterocycles. The number of aliphatic hydroxyl groups is 1. The number of hydrogen-bond acceptors (Lipinski definition) is 3. The molecule has 4 nitrogen and oxygen atoms in total. The molecule has 2 unspecified atom stereocenters. The number of aliphatic hydroxyl groups excluding tert-OH is 1. The first-order valence-corrected chi connectivity index (χ1v) is 5.85. The monoisotopic (exact) mass is 214 g/mol. The number of carbonyl (C=O) groups is 1. The lowest BCUT2D eigenvalue weighted by Gasteiger charge is -2.38. The number of likely N-dealkylation sites (tertiary alicyclic amines) is 1. The van der Waals surface area contributed by atoms with Crippen LogP contribution in [0.5, 0.6) is 0 Å². The molecule has 2 atom stereocenters. The zero-order valence-corrected chi connectivity index (χ0v) is 9.70. The van der Waals surface area contributed by atoms with Crippen molar-refractivity contribution in [2.45, 2.75) is 45.2 Å². The maximum Gasteiger partial charge on any atom is 0.237 e. The minimum atomic E-state index is -0.123. The molecule has 1 saturated heterocycles. The van der Waals surface area contributed by atoms with Crippen molar-refractivity contribution < 1.29 is 9.90 Å². The molecule has 1 amide bonds. The number of carbonyl (C=O) groups excluding carboxylic acids is 1. The van der Waals surface area contributed by atoms with Crippen molar-refractivity contribution in [3.8, 4) is 0 Å². The normalized spacial score (nSPS) is 24.9. The third-order valence-electron chi connectivity index (χ3n) is 3.11. The highest BCUT2D eigenvalue weighted by Gasteiger charge is 2.29. The molecule has 1 rings (SSSR count). The van der Waals surface area contributed by atoms with Gasteiger partial charge in [-0.2, -0.15) is 0 Å². The first kappa shape index (κ1) is 12.5. The summed E-state index contributed by atoms with van der Waals surface area (Å²) in [6.45, 7) is 5.58. The highest BCUT2D eigenvalue weighted by molar-refractivity contribution is 5.81. The van der Waals surface area contributed by atoms with E-state index in [2.05, 4.69) is 10.2 Å². The van der Waals surface area contributed by atoms with Crippen molar-refractivity contribution in [2.75, 3.05) is 19.7 Å². The molecule has 0 aliphatic carbocycles. The van der Waals surface area contributed by atoms with Gasteiger partial charge in [-0.15, -0.1) is 0 Å². The molecule has 0 bridgehead atoms. The Morgan fingerprint density at radius 2 is 2.33 bits per heavy atom. The van der Waals surface area contributed by atoms with Crippen LogP contribution < -0.4 is 5.32 Å². The van der Waals surface area contributed by atoms with Crippen LogP contribution in [0.4, 0.5) is 0 Å². The molecule has 88 valence electrons. The van der Waals surface area contributed by atoms with Crippen molar-refractivity contribution in [1.82, 2.24) is 10.2 Å². The smallest absolute Gasteiger partial charge is 0.237 e. The lowest BCUT2D eigenvalue weighted by molar-refractivity contribution is -0.127. The van der Waals surface area contributed by atoms with Crippen LogP contribution in [-0.4, -0.2) is 47.7 Å². The van der Waals surface area contributed by atoms with Crippen molar-refractivity contribution in [3.05, 3.63) is 0 Å². The van der Waals surface area contributed by atoms with Gasteiger partial charge in [-0.1, -0.05) is 6.42 Å². The SMILES string of the molecule is CCNC(=O)C(C)N1CCCCC1CO. The van der Waals surface area contributed by atoms with Gasteiger partial charge in [0, 0.05) is 12.6 Å². The van der Waals surface area contributed by atoms with E-state index in [0.717, 1.165) is 25.8 Å². The summed E-state index contributed by atoms with van der Waals surface area (Å²) >= 11 is 0. The number of nitrogens with one attached hydrogen (secondary N) is 1. The van der Waals surface area contributed by atoms with E-state index in [0.29, 0.717) is 6.54 Å². The first-order chi connectivity index (χ1) is 7.20. The molecule has 1 aliphatic heterocycles. The van der Waals surface area contributed by atoms with Crippen molar-refractivity contribution in [2.24, 2.45) is 0 Å². The third kappa shape index (κ3) is 3.18. The van der Waals surface area contributed by atoms with Gasteiger partial charge in [-0.25, -0.2) is 0 Å². The molecule has 4 heteroatoms. The molecule has 0 aromatic carbocycles. The van der Waals surface area contributed by atoms with Gasteiger partial charge < -0.3 is 10.4 Å². The van der Waals surface area contributed by atoms with Gasteiger partial charge >= 0.3 is 0 Å². The fraction of sp³-hybridized carbons (Fsp3) is 0.909. The largest absolute Gasteiger partial charge is 0.395 e. The summed E-state index contributed by atoms with van der Waals surface area (Å²) in [5.41, 5.74) is 0. The number of hydrogen-bond donors (Lipinski definition) is 2. The second-order valence-electron chi connectivity index (χ2n) is 4.14. The maximum absolute atomic E-state index is 11.7. The van der Waals surface area contributed by atoms with Crippen molar-refractivity contribution >= 4 is 5.91 Å². The lowest BCUT2D eigenvalue weighted by atomic mass is 10.0. The average molecular weight is 214 g/mol. The van der Waals surface area contributed by atoms with E-state index >= 15 is 0 Å². The molecule has 1 fully saturated rings. The Labute approximate surface area is 91.6 Å². The molecule has 0 saturated carbocycles.